The van der Waals surface area contributed by atoms with E-state index < -0.39 is 15.7 Å². The Morgan fingerprint density at radius 2 is 1.93 bits per heavy atom. The van der Waals surface area contributed by atoms with E-state index in [0.717, 1.165) is 31.2 Å². The molecule has 28 heavy (non-hydrogen) atoms. The third kappa shape index (κ3) is 6.16. The molecule has 1 aliphatic carbocycles. The summed E-state index contributed by atoms with van der Waals surface area (Å²) >= 11 is 0. The number of nitrogens with zero attached hydrogens (tertiary/aromatic N) is 1. The van der Waals surface area contributed by atoms with Crippen molar-refractivity contribution in [3.05, 3.63) is 64.5 Å². The molecule has 0 saturated heterocycles. The van der Waals surface area contributed by atoms with Crippen molar-refractivity contribution in [3.8, 4) is 0 Å². The maximum absolute atomic E-state index is 13.6. The number of nitrogens with two attached hydrogens (primary N) is 1. The van der Waals surface area contributed by atoms with E-state index in [-0.39, 0.29) is 42.2 Å². The number of hydrogen-bond donors (Lipinski definition) is 2. The van der Waals surface area contributed by atoms with Crippen LogP contribution in [0.15, 0.2) is 41.4 Å². The summed E-state index contributed by atoms with van der Waals surface area (Å²) in [6.07, 6.45) is 5.58. The quantitative estimate of drug-likeness (QED) is 0.359. The minimum absolute atomic E-state index is 0. The molecule has 0 aromatic heterocycles. The van der Waals surface area contributed by atoms with Crippen molar-refractivity contribution >= 4 is 45.5 Å². The fourth-order valence-electron chi connectivity index (χ4n) is 3.41. The number of rotatable bonds is 5. The Labute approximate surface area is 182 Å². The monoisotopic (exact) mass is 517 g/mol. The van der Waals surface area contributed by atoms with Crippen LogP contribution in [0.2, 0.25) is 0 Å². The summed E-state index contributed by atoms with van der Waals surface area (Å²) in [6.45, 7) is 0.108. The fourth-order valence-corrected chi connectivity index (χ4v) is 4.26. The molecule has 2 aromatic carbocycles. The second-order valence-electron chi connectivity index (χ2n) is 6.96. The van der Waals surface area contributed by atoms with Gasteiger partial charge in [0.2, 0.25) is 0 Å². The molecule has 0 amide bonds. The highest BCUT2D eigenvalue weighted by Crippen LogP contribution is 2.27. The average Bonchev–Trinajstić information content (AvgIpc) is 2.61. The SMILES string of the molecule is CS(=O)(=O)Cc1ccc(F)cc1CN=C(N)Nc1cccc2c1CCCC2.I. The Morgan fingerprint density at radius 3 is 2.68 bits per heavy atom. The standard InChI is InChI=1S/C20H24FN3O2S.HI/c1-27(25,26)13-15-9-10-17(21)11-16(15)12-23-20(22)24-19-8-4-6-14-5-2-3-7-18(14)19;/h4,6,8-11H,2-3,5,7,12-13H2,1H3,(H3,22,23,24);1H. The number of hydrogen-bond acceptors (Lipinski definition) is 3. The lowest BCUT2D eigenvalue weighted by atomic mass is 9.90. The molecule has 0 aliphatic heterocycles. The van der Waals surface area contributed by atoms with Gasteiger partial charge < -0.3 is 11.1 Å². The number of anilines is 1. The number of halogens is 2. The third-order valence-corrected chi connectivity index (χ3v) is 5.50. The lowest BCUT2D eigenvalue weighted by Gasteiger charge is -2.19. The van der Waals surface area contributed by atoms with Gasteiger partial charge in [-0.25, -0.2) is 17.8 Å². The van der Waals surface area contributed by atoms with Crippen LogP contribution in [0.3, 0.4) is 0 Å². The van der Waals surface area contributed by atoms with Gasteiger partial charge in [0.05, 0.1) is 12.3 Å². The number of fused-ring (bicyclic) bond motifs is 1. The molecule has 2 aromatic rings. The third-order valence-electron chi connectivity index (χ3n) is 4.66. The van der Waals surface area contributed by atoms with Gasteiger partial charge >= 0.3 is 0 Å². The van der Waals surface area contributed by atoms with Gasteiger partial charge in [0.1, 0.15) is 5.82 Å². The Balaban J connectivity index is 0.00000280. The summed E-state index contributed by atoms with van der Waals surface area (Å²) < 4.78 is 36.8. The molecule has 0 fully saturated rings. The van der Waals surface area contributed by atoms with Crippen molar-refractivity contribution in [3.63, 3.8) is 0 Å². The normalized spacial score (nSPS) is 14.1. The molecule has 0 unspecified atom stereocenters. The van der Waals surface area contributed by atoms with E-state index in [9.17, 15) is 12.8 Å². The molecule has 5 nitrogen and oxygen atoms in total. The molecule has 1 aliphatic rings. The first-order valence-electron chi connectivity index (χ1n) is 8.94. The van der Waals surface area contributed by atoms with Gasteiger partial charge in [-0.1, -0.05) is 18.2 Å². The van der Waals surface area contributed by atoms with Gasteiger partial charge in [-0.2, -0.15) is 0 Å². The second-order valence-corrected chi connectivity index (χ2v) is 9.10. The lowest BCUT2D eigenvalue weighted by Crippen LogP contribution is -2.24. The van der Waals surface area contributed by atoms with Crippen LogP contribution in [0.25, 0.3) is 0 Å². The first-order chi connectivity index (χ1) is 12.8. The highest BCUT2D eigenvalue weighted by atomic mass is 127. The topological polar surface area (TPSA) is 84.5 Å². The zero-order valence-electron chi connectivity index (χ0n) is 15.7. The van der Waals surface area contributed by atoms with Gasteiger partial charge in [0.15, 0.2) is 15.8 Å². The fraction of sp³-hybridized carbons (Fsp3) is 0.350. The van der Waals surface area contributed by atoms with Crippen molar-refractivity contribution in [1.29, 1.82) is 0 Å². The van der Waals surface area contributed by atoms with Crippen LogP contribution in [0.4, 0.5) is 10.1 Å². The molecule has 0 bridgehead atoms. The summed E-state index contributed by atoms with van der Waals surface area (Å²) in [5, 5.41) is 3.14. The average molecular weight is 517 g/mol. The summed E-state index contributed by atoms with van der Waals surface area (Å²) in [6, 6.07) is 10.2. The van der Waals surface area contributed by atoms with Crippen LogP contribution in [-0.4, -0.2) is 20.6 Å². The minimum atomic E-state index is -3.23. The van der Waals surface area contributed by atoms with Crippen molar-refractivity contribution in [1.82, 2.24) is 0 Å². The van der Waals surface area contributed by atoms with E-state index in [1.165, 1.54) is 35.7 Å². The predicted octanol–water partition coefficient (Wildman–Crippen LogP) is 3.79. The largest absolute Gasteiger partial charge is 0.370 e. The highest BCUT2D eigenvalue weighted by Gasteiger charge is 2.14. The van der Waals surface area contributed by atoms with E-state index in [2.05, 4.69) is 16.4 Å². The summed E-state index contributed by atoms with van der Waals surface area (Å²) in [5.41, 5.74) is 10.6. The van der Waals surface area contributed by atoms with Crippen molar-refractivity contribution in [2.24, 2.45) is 10.7 Å². The summed E-state index contributed by atoms with van der Waals surface area (Å²) in [4.78, 5) is 4.29. The van der Waals surface area contributed by atoms with Gasteiger partial charge in [-0.15, -0.1) is 24.0 Å². The zero-order valence-corrected chi connectivity index (χ0v) is 18.9. The molecule has 0 spiro atoms. The molecular weight excluding hydrogens is 492 g/mol. The number of aliphatic imine (C=N–C) groups is 1. The lowest BCUT2D eigenvalue weighted by molar-refractivity contribution is 0.600. The number of guanidine groups is 1. The molecule has 152 valence electrons. The van der Waals surface area contributed by atoms with Gasteiger partial charge in [0, 0.05) is 11.9 Å². The smallest absolute Gasteiger partial charge is 0.193 e. The molecule has 0 radical (unpaired) electrons. The number of sulfone groups is 1. The molecule has 0 heterocycles. The van der Waals surface area contributed by atoms with Crippen molar-refractivity contribution in [2.75, 3.05) is 11.6 Å². The van der Waals surface area contributed by atoms with Gasteiger partial charge in [-0.3, -0.25) is 0 Å². The Morgan fingerprint density at radius 1 is 1.18 bits per heavy atom. The second kappa shape index (κ2) is 9.69. The van der Waals surface area contributed by atoms with E-state index in [0.29, 0.717) is 11.1 Å². The first kappa shape index (κ1) is 22.6. The van der Waals surface area contributed by atoms with Crippen LogP contribution in [-0.2, 0) is 35.0 Å². The molecule has 8 heteroatoms. The Hall–Kier alpha value is -1.68. The molecule has 0 saturated carbocycles. The van der Waals surface area contributed by atoms with E-state index in [4.69, 9.17) is 5.73 Å². The Bertz CT molecular complexity index is 977. The maximum Gasteiger partial charge on any atom is 0.193 e. The molecule has 0 atom stereocenters. The number of benzene rings is 2. The van der Waals surface area contributed by atoms with E-state index in [1.807, 2.05) is 12.1 Å². The number of aryl methyl sites for hydroxylation is 1. The van der Waals surface area contributed by atoms with Gasteiger partial charge in [0.25, 0.3) is 0 Å². The maximum atomic E-state index is 13.6. The van der Waals surface area contributed by atoms with E-state index >= 15 is 0 Å². The van der Waals surface area contributed by atoms with Crippen LogP contribution < -0.4 is 11.1 Å². The Kier molecular flexibility index (Phi) is 7.82. The van der Waals surface area contributed by atoms with Crippen LogP contribution >= 0.6 is 24.0 Å². The molecule has 3 N–H and O–H groups in total. The summed E-state index contributed by atoms with van der Waals surface area (Å²) in [7, 11) is -3.23. The zero-order chi connectivity index (χ0) is 19.4. The van der Waals surface area contributed by atoms with Crippen molar-refractivity contribution < 1.29 is 12.8 Å². The highest BCUT2D eigenvalue weighted by molar-refractivity contribution is 14.0. The summed E-state index contributed by atoms with van der Waals surface area (Å²) in [5.74, 6) is -0.359. The van der Waals surface area contributed by atoms with Crippen LogP contribution in [0, 0.1) is 5.82 Å². The molecule has 3 rings (SSSR count). The van der Waals surface area contributed by atoms with Crippen molar-refractivity contribution in [2.45, 2.75) is 38.0 Å². The van der Waals surface area contributed by atoms with Crippen LogP contribution in [0.1, 0.15) is 35.1 Å². The van der Waals surface area contributed by atoms with Crippen LogP contribution in [0.5, 0.6) is 0 Å². The predicted molar refractivity (Wildman–Crippen MR) is 122 cm³/mol. The van der Waals surface area contributed by atoms with E-state index in [1.54, 1.807) is 0 Å². The molecular formula is C20H25FIN3O2S. The number of nitrogens with one attached hydrogen (secondary N) is 1. The minimum Gasteiger partial charge on any atom is -0.370 e. The first-order valence-corrected chi connectivity index (χ1v) is 11.0. The van der Waals surface area contributed by atoms with Gasteiger partial charge in [-0.05, 0) is 66.1 Å².